The first-order valence-electron chi connectivity index (χ1n) is 23.2. The fourth-order valence-electron chi connectivity index (χ4n) is 10.2. The number of aryl methyl sites for hydroxylation is 1. The van der Waals surface area contributed by atoms with Crippen molar-refractivity contribution in [1.82, 2.24) is 35.1 Å². The number of pyridine rings is 1. The number of likely N-dealkylation sites (tertiary alicyclic amines) is 1. The number of hydrogen-bond donors (Lipinski definition) is 2. The van der Waals surface area contributed by atoms with Crippen LogP contribution in [0, 0.1) is 11.3 Å². The van der Waals surface area contributed by atoms with E-state index in [1.807, 2.05) is 45.0 Å². The second-order valence-corrected chi connectivity index (χ2v) is 19.3. The number of carbonyl (C=O) groups excluding carboxylic acids is 5. The van der Waals surface area contributed by atoms with Crippen molar-refractivity contribution in [2.45, 2.75) is 110 Å². The van der Waals surface area contributed by atoms with Crippen LogP contribution < -0.4 is 10.7 Å². The molecule has 4 aliphatic rings. The van der Waals surface area contributed by atoms with E-state index in [0.717, 1.165) is 50.1 Å². The number of nitrogens with zero attached hydrogens (tertiary/aromatic N) is 5. The van der Waals surface area contributed by atoms with Gasteiger partial charge >= 0.3 is 5.97 Å². The molecule has 0 aliphatic carbocycles. The Morgan fingerprint density at radius 2 is 1.73 bits per heavy atom. The zero-order valence-corrected chi connectivity index (χ0v) is 46.7. The lowest BCUT2D eigenvalue weighted by atomic mass is 9.84. The molecule has 20 heteroatoms. The Labute approximate surface area is 452 Å². The number of amides is 4. The summed E-state index contributed by atoms with van der Waals surface area (Å²) in [6, 6.07) is 15.7. The summed E-state index contributed by atoms with van der Waals surface area (Å²) in [5.41, 5.74) is 9.15. The predicted octanol–water partition coefficient (Wildman–Crippen LogP) is 6.31. The Hall–Kier alpha value is -4.15. The van der Waals surface area contributed by atoms with Crippen molar-refractivity contribution in [3.63, 3.8) is 0 Å². The molecule has 8 rings (SSSR count). The number of benzene rings is 2. The average molecular weight is 1070 g/mol. The Morgan fingerprint density at radius 3 is 2.42 bits per heavy atom. The first-order valence-corrected chi connectivity index (χ1v) is 23.2. The van der Waals surface area contributed by atoms with Crippen LogP contribution in [0.2, 0.25) is 0 Å². The maximum Gasteiger partial charge on any atom is 0.324 e. The SMILES string of the molecule is C=CC(=O)N1CC[C@@]2(C1)OCN([C@H](C(=O)N[C@H]1Cc3cccc(c3)-c3ccc4c(c3)c(c(-c3cccnc3[C@H](C)OC)n4CC)CC(C)(C)COC(=O)[C@@H]3CCCN(N3)C1=O)C(C)C)C2=O.S.S.S.S.S. The first kappa shape index (κ1) is 61.2. The van der Waals surface area contributed by atoms with Gasteiger partial charge in [0.15, 0.2) is 5.60 Å². The lowest BCUT2D eigenvalue weighted by Crippen LogP contribution is -2.62. The maximum absolute atomic E-state index is 14.7. The first-order chi connectivity index (χ1) is 31.6. The molecule has 5 atom stereocenters. The van der Waals surface area contributed by atoms with Gasteiger partial charge in [0.25, 0.3) is 11.8 Å². The third kappa shape index (κ3) is 12.3. The molecule has 1 spiro atoms. The molecule has 2 aromatic carbocycles. The Kier molecular flexibility index (Phi) is 21.7. The minimum atomic E-state index is -1.26. The molecule has 4 aliphatic heterocycles. The second-order valence-electron chi connectivity index (χ2n) is 19.3. The predicted molar refractivity (Wildman–Crippen MR) is 301 cm³/mol. The van der Waals surface area contributed by atoms with E-state index < -0.39 is 46.9 Å². The molecule has 2 N–H and O–H groups in total. The van der Waals surface area contributed by atoms with Crippen LogP contribution in [0.15, 0.2) is 73.4 Å². The van der Waals surface area contributed by atoms with Gasteiger partial charge in [-0.15, -0.1) is 0 Å². The van der Waals surface area contributed by atoms with Gasteiger partial charge in [-0.1, -0.05) is 64.6 Å². The molecule has 0 radical (unpaired) electrons. The van der Waals surface area contributed by atoms with Gasteiger partial charge in [-0.2, -0.15) is 67.5 Å². The number of methoxy groups -OCH3 is 1. The molecule has 3 saturated heterocycles. The lowest BCUT2D eigenvalue weighted by molar-refractivity contribution is -0.155. The van der Waals surface area contributed by atoms with E-state index in [9.17, 15) is 24.0 Å². The van der Waals surface area contributed by atoms with Gasteiger partial charge in [-0.05, 0) is 91.6 Å². The quantitative estimate of drug-likeness (QED) is 0.144. The lowest BCUT2D eigenvalue weighted by Gasteiger charge is -2.36. The average Bonchev–Trinajstić information content (AvgIpc) is 3.99. The standard InChI is InChI=1S/C51H63N7O8.5H2S/c1-9-42(59)55-23-20-51(28-55)49(63)57(30-66-51)44(31(3)4)46(60)53-40-25-33-14-11-15-34(24-33)35-18-19-41-37(26-35)38(45(56(41)10-2)36-16-12-21-52-43(36)32(5)64-8)27-50(6,7)29-65-48(62)39-17-13-22-58(54-39)47(40)61;;;;;/h9,11-12,14-16,18-19,21,24,26,31-32,39-40,44,54H,1,10,13,17,20,22-23,25,27-30H2,2-8H3,(H,53,60);5*1H2/t32-,39-,40-,44-,51-;;;;;/m0...../s1. The van der Waals surface area contributed by atoms with Crippen molar-refractivity contribution in [2.24, 2.45) is 11.3 Å². The number of nitrogens with one attached hydrogen (secondary N) is 2. The topological polar surface area (TPSA) is 165 Å². The number of fused-ring (bicyclic) bond motifs is 6. The van der Waals surface area contributed by atoms with Crippen molar-refractivity contribution in [3.05, 3.63) is 90.3 Å². The van der Waals surface area contributed by atoms with Crippen LogP contribution in [0.25, 0.3) is 33.3 Å². The highest BCUT2D eigenvalue weighted by atomic mass is 32.1. The molecule has 0 saturated carbocycles. The summed E-state index contributed by atoms with van der Waals surface area (Å²) < 4.78 is 20.4. The molecule has 0 unspecified atom stereocenters. The number of aromatic nitrogens is 2. The zero-order chi connectivity index (χ0) is 47.1. The summed E-state index contributed by atoms with van der Waals surface area (Å²) in [6.45, 7) is 17.0. The third-order valence-corrected chi connectivity index (χ3v) is 13.7. The minimum absolute atomic E-state index is 0. The van der Waals surface area contributed by atoms with Crippen molar-refractivity contribution >= 4 is 108 Å². The molecule has 4 amide bonds. The summed E-state index contributed by atoms with van der Waals surface area (Å²) in [4.78, 5) is 77.7. The van der Waals surface area contributed by atoms with E-state index in [1.165, 1.54) is 20.9 Å². The Morgan fingerprint density at radius 1 is 1.00 bits per heavy atom. The van der Waals surface area contributed by atoms with Crippen molar-refractivity contribution in [2.75, 3.05) is 40.1 Å². The summed E-state index contributed by atoms with van der Waals surface area (Å²) in [5, 5.41) is 5.55. The van der Waals surface area contributed by atoms with Gasteiger partial charge in [0.05, 0.1) is 30.6 Å². The van der Waals surface area contributed by atoms with E-state index >= 15 is 0 Å². The highest BCUT2D eigenvalue weighted by Gasteiger charge is 2.56. The van der Waals surface area contributed by atoms with E-state index in [4.69, 9.17) is 19.2 Å². The minimum Gasteiger partial charge on any atom is -0.464 e. The number of ether oxygens (including phenoxy) is 3. The molecule has 6 heterocycles. The van der Waals surface area contributed by atoms with E-state index in [1.54, 1.807) is 13.3 Å². The fraction of sp³-hybridized carbons (Fsp3) is 0.490. The van der Waals surface area contributed by atoms with Crippen LogP contribution in [0.3, 0.4) is 0 Å². The third-order valence-electron chi connectivity index (χ3n) is 13.7. The van der Waals surface area contributed by atoms with Crippen LogP contribution in [0.4, 0.5) is 0 Å². The van der Waals surface area contributed by atoms with Crippen LogP contribution in [0.1, 0.15) is 83.7 Å². The summed E-state index contributed by atoms with van der Waals surface area (Å²) in [5.74, 6) is -2.39. The summed E-state index contributed by atoms with van der Waals surface area (Å²) in [6.07, 6.45) is 4.76. The van der Waals surface area contributed by atoms with Gasteiger partial charge in [-0.3, -0.25) is 34.0 Å². The van der Waals surface area contributed by atoms with Gasteiger partial charge in [-0.25, -0.2) is 5.43 Å². The van der Waals surface area contributed by atoms with Crippen molar-refractivity contribution < 1.29 is 38.2 Å². The number of rotatable bonds is 9. The van der Waals surface area contributed by atoms with Crippen LogP contribution in [-0.2, 0) is 57.6 Å². The smallest absolute Gasteiger partial charge is 0.324 e. The number of hydrazine groups is 1. The van der Waals surface area contributed by atoms with Crippen molar-refractivity contribution in [1.29, 1.82) is 0 Å². The van der Waals surface area contributed by atoms with Gasteiger partial charge in [0, 0.05) is 67.7 Å². The van der Waals surface area contributed by atoms with Crippen LogP contribution in [0.5, 0.6) is 0 Å². The molecule has 15 nitrogen and oxygen atoms in total. The number of cyclic esters (lactones) is 1. The number of carbonyl (C=O) groups is 5. The van der Waals surface area contributed by atoms with Gasteiger partial charge < -0.3 is 33.9 Å². The molecule has 2 aromatic heterocycles. The van der Waals surface area contributed by atoms with Crippen molar-refractivity contribution in [3.8, 4) is 22.4 Å². The normalized spacial score (nSPS) is 21.6. The van der Waals surface area contributed by atoms with E-state index in [2.05, 4.69) is 73.0 Å². The van der Waals surface area contributed by atoms with Crippen LogP contribution >= 0.6 is 67.5 Å². The molecule has 4 aromatic rings. The maximum atomic E-state index is 14.7. The fourth-order valence-corrected chi connectivity index (χ4v) is 10.2. The largest absolute Gasteiger partial charge is 0.464 e. The number of hydrogen-bond acceptors (Lipinski definition) is 10. The zero-order valence-electron chi connectivity index (χ0n) is 41.7. The highest BCUT2D eigenvalue weighted by Crippen LogP contribution is 2.42. The monoisotopic (exact) mass is 1070 g/mol. The molecule has 71 heavy (non-hydrogen) atoms. The number of esters is 1. The van der Waals surface area contributed by atoms with Gasteiger partial charge in [0.1, 0.15) is 24.9 Å². The second kappa shape index (κ2) is 25.2. The molecular formula is C51H73N7O8S5. The summed E-state index contributed by atoms with van der Waals surface area (Å²) >= 11 is 0. The van der Waals surface area contributed by atoms with Gasteiger partial charge in [0.2, 0.25) is 11.8 Å². The Balaban J connectivity index is 0.00000266. The highest BCUT2D eigenvalue weighted by molar-refractivity contribution is 7.60. The van der Waals surface area contributed by atoms with E-state index in [0.29, 0.717) is 45.3 Å². The Bertz CT molecular complexity index is 2580. The molecule has 6 bridgehead atoms. The molecule has 3 fully saturated rings. The molecular weight excluding hydrogens is 999 g/mol. The van der Waals surface area contributed by atoms with Crippen LogP contribution in [-0.4, -0.2) is 118 Å². The summed E-state index contributed by atoms with van der Waals surface area (Å²) in [7, 11) is 1.69. The van der Waals surface area contributed by atoms with E-state index in [-0.39, 0.29) is 118 Å². The molecule has 390 valence electrons.